The van der Waals surface area contributed by atoms with E-state index in [4.69, 9.17) is 31.9 Å². The minimum Gasteiger partial charge on any atom is -1.00 e. The summed E-state index contributed by atoms with van der Waals surface area (Å²) in [5.74, 6) is -1.29. The van der Waals surface area contributed by atoms with E-state index in [1.54, 1.807) is 0 Å². The summed E-state index contributed by atoms with van der Waals surface area (Å²) in [6.07, 6.45) is 7.85. The molecule has 6 aromatic rings. The first kappa shape index (κ1) is 90.8. The molecule has 97 heavy (non-hydrogen) atoms. The van der Waals surface area contributed by atoms with Gasteiger partial charge in [0.1, 0.15) is 65.6 Å². The molecule has 2 aliphatic rings. The van der Waals surface area contributed by atoms with E-state index in [2.05, 4.69) is 211 Å². The summed E-state index contributed by atoms with van der Waals surface area (Å²) >= 11 is 26.3. The van der Waals surface area contributed by atoms with Gasteiger partial charge in [-0.1, -0.05) is 187 Å². The van der Waals surface area contributed by atoms with Crippen LogP contribution >= 0.6 is 107 Å². The van der Waals surface area contributed by atoms with Crippen molar-refractivity contribution in [3.63, 3.8) is 0 Å². The number of likely N-dealkylation sites (N-methyl/N-ethyl adjacent to an activating group) is 2. The van der Waals surface area contributed by atoms with Crippen molar-refractivity contribution in [1.29, 1.82) is 0 Å². The minimum absolute atomic E-state index is 0. The molecule has 530 valence electrons. The Balaban J connectivity index is 0.000000770. The van der Waals surface area contributed by atoms with Gasteiger partial charge in [0.25, 0.3) is 0 Å². The normalized spacial score (nSPS) is 13.6. The van der Waals surface area contributed by atoms with E-state index in [9.17, 15) is 28.7 Å². The van der Waals surface area contributed by atoms with Crippen LogP contribution in [0.5, 0.6) is 0 Å². The quantitative estimate of drug-likeness (QED) is 0.0112. The van der Waals surface area contributed by atoms with Crippen molar-refractivity contribution in [2.45, 2.75) is 111 Å². The summed E-state index contributed by atoms with van der Waals surface area (Å²) < 4.78 is 50.6. The number of piperidine rings is 2. The maximum absolute atomic E-state index is 12.4. The first-order valence-corrected chi connectivity index (χ1v) is 36.5. The third-order valence-electron chi connectivity index (χ3n) is 16.6. The van der Waals surface area contributed by atoms with Gasteiger partial charge in [-0.3, -0.25) is 9.18 Å². The van der Waals surface area contributed by atoms with Crippen molar-refractivity contribution in [2.24, 2.45) is 0 Å². The number of esters is 1. The van der Waals surface area contributed by atoms with E-state index in [-0.39, 0.29) is 103 Å². The molecule has 0 spiro atoms. The van der Waals surface area contributed by atoms with Gasteiger partial charge in [-0.2, -0.15) is 0 Å². The van der Waals surface area contributed by atoms with Crippen molar-refractivity contribution in [3.8, 4) is 0 Å². The number of halogens is 10. The molecule has 8 rings (SSSR count). The second kappa shape index (κ2) is 50.2. The third-order valence-corrected chi connectivity index (χ3v) is 19.9. The van der Waals surface area contributed by atoms with Crippen LogP contribution in [0.1, 0.15) is 106 Å². The number of hydrogen-bond donors (Lipinski definition) is 0. The number of carbonyl (C=O) groups excluding carboxylic acids is 4. The maximum atomic E-state index is 12.4. The summed E-state index contributed by atoms with van der Waals surface area (Å²) in [4.78, 5) is 46.7. The molecule has 2 saturated heterocycles. The van der Waals surface area contributed by atoms with Gasteiger partial charge in [-0.15, -0.1) is 0 Å². The molecule has 25 heteroatoms. The number of likely N-dealkylation sites (tertiary alicyclic amines) is 2. The smallest absolute Gasteiger partial charge is 1.00 e. The molecule has 14 nitrogen and oxygen atoms in total. The number of rotatable bonds is 29. The molecule has 2 aliphatic heterocycles. The fraction of sp³-hybridized carbons (Fsp3) is 0.444. The van der Waals surface area contributed by atoms with Crippen LogP contribution < -0.4 is 68.6 Å². The summed E-state index contributed by atoms with van der Waals surface area (Å²) in [6, 6.07) is 49.9. The van der Waals surface area contributed by atoms with Crippen LogP contribution in [-0.2, 0) is 72.5 Å². The van der Waals surface area contributed by atoms with Gasteiger partial charge in [0, 0.05) is 79.0 Å². The van der Waals surface area contributed by atoms with Crippen LogP contribution in [0.15, 0.2) is 172 Å². The Morgan fingerprint density at radius 2 is 0.753 bits per heavy atom. The Hall–Kier alpha value is -2.30. The van der Waals surface area contributed by atoms with Crippen molar-refractivity contribution in [1.82, 2.24) is 0 Å². The average Bonchev–Trinajstić information content (AvgIpc) is 0.867. The van der Waals surface area contributed by atoms with E-state index in [0.29, 0.717) is 28.5 Å². The molecule has 0 saturated carbocycles. The summed E-state index contributed by atoms with van der Waals surface area (Å²) in [5.41, 5.74) is 7.47. The van der Waals surface area contributed by atoms with Gasteiger partial charge in [0.05, 0.1) is 68.3 Å². The molecule has 0 amide bonds. The second-order valence-electron chi connectivity index (χ2n) is 24.3. The molecule has 6 aromatic carbocycles. The van der Waals surface area contributed by atoms with Gasteiger partial charge < -0.3 is 85.5 Å². The molecule has 2 fully saturated rings. The standard InChI is InChI=1S/C35H43Br3N2O5.C19H21Br2ClNO3.C16H22BrNO2.CH3F.CH4.2BrH.Na/c1-39(24-28-7-13-31(36)14-8-28,25-29-9-15-32(37)16-10-29)22-23-43-35(42)45-27-44-34(41)6-5-21-40(19-3-2-4-20-40)26-30-11-17-33(38)18-12-30;1-23(10-11-25-19(24)26-14-22,12-15-2-6-17(20)7-3-15)13-16-4-8-18(21)9-5-16;17-15-8-6-14(7-9-15)13-18(10-2-1-3-11-18)12-4-5-16(19)20;1-2;;;;/h7-18H,2-6,19-27H2,1H3;2-9H,10-14H2,1H3;6-9H,1-5,10-13H2;1H3;1H4;2*1H;/q+2;+1;;;;;;+1/p-2/i;;;1D;;;;. The number of alkyl halides is 2. The van der Waals surface area contributed by atoms with Crippen LogP contribution in [-0.4, -0.2) is 142 Å². The van der Waals surface area contributed by atoms with Crippen LogP contribution in [0.25, 0.3) is 0 Å². The average molecular weight is 1890 g/mol. The number of carboxylic acid groups (broad SMARTS) is 1. The number of nitrogens with zero attached hydrogens (tertiary/aromatic N) is 4. The molecule has 0 aliphatic carbocycles. The van der Waals surface area contributed by atoms with Crippen LogP contribution in [0.3, 0.4) is 0 Å². The van der Waals surface area contributed by atoms with E-state index >= 15 is 0 Å². The Morgan fingerprint density at radius 1 is 0.474 bits per heavy atom. The molecule has 2 heterocycles. The van der Waals surface area contributed by atoms with Crippen molar-refractivity contribution in [2.75, 3.05) is 99.7 Å². The zero-order chi connectivity index (χ0) is 68.2. The molecular weight excluding hydrogens is 1800 g/mol. The molecule has 0 bridgehead atoms. The third kappa shape index (κ3) is 37.6. The van der Waals surface area contributed by atoms with Gasteiger partial charge in [-0.05, 0) is 118 Å². The number of quaternary nitrogens is 4. The van der Waals surface area contributed by atoms with Crippen LogP contribution in [0.4, 0.5) is 14.0 Å². The Kier molecular flexibility index (Phi) is 46.9. The molecule has 0 unspecified atom stereocenters. The monoisotopic (exact) mass is 1880 g/mol. The van der Waals surface area contributed by atoms with Gasteiger partial charge >= 0.3 is 47.8 Å². The zero-order valence-corrected chi connectivity index (χ0v) is 70.5. The van der Waals surface area contributed by atoms with E-state index in [1.807, 2.05) is 48.5 Å². The molecule has 0 atom stereocenters. The summed E-state index contributed by atoms with van der Waals surface area (Å²) in [7, 11) is 3.30. The van der Waals surface area contributed by atoms with Gasteiger partial charge in [0.2, 0.25) is 6.79 Å². The number of carboxylic acids is 1. The van der Waals surface area contributed by atoms with E-state index < -0.39 is 32.2 Å². The molecule has 0 N–H and O–H groups in total. The zero-order valence-electron chi connectivity index (χ0n) is 56.0. The maximum Gasteiger partial charge on any atom is 1.00 e. The van der Waals surface area contributed by atoms with Gasteiger partial charge in [-0.25, -0.2) is 9.59 Å². The fourth-order valence-corrected chi connectivity index (χ4v) is 13.6. The minimum atomic E-state index is -1.00. The topological polar surface area (TPSA) is 137 Å². The van der Waals surface area contributed by atoms with E-state index in [1.165, 1.54) is 85.0 Å². The van der Waals surface area contributed by atoms with Crippen LogP contribution in [0, 0.1) is 0 Å². The SMILES string of the molecule is C.C[N+](CCOC(=O)OCCl)(Cc1ccc(Br)cc1)Cc1ccc(Br)cc1.C[N+](CCOC(=O)OCOC(=O)CCC[N+]1(Cc2ccc(Br)cc2)CCCCC1)(Cc1ccc(Br)cc1)Cc1ccc(Br)cc1.O=C([O-])CCC[N+]1(Cc2ccc(Br)cc2)CCCCC1.[2H]CF.[Br-].[Br-].[Na+]. The summed E-state index contributed by atoms with van der Waals surface area (Å²) in [5, 5.41) is 10.6. The number of ether oxygens (including phenoxy) is 5. The number of aliphatic carboxylic acids is 1. The number of carbonyl (C=O) groups is 4. The Morgan fingerprint density at radius 3 is 1.04 bits per heavy atom. The van der Waals surface area contributed by atoms with Crippen molar-refractivity contribution >= 4 is 131 Å². The fourth-order valence-electron chi connectivity index (χ4n) is 12.0. The van der Waals surface area contributed by atoms with Crippen molar-refractivity contribution in [3.05, 3.63) is 206 Å². The van der Waals surface area contributed by atoms with E-state index in [0.717, 1.165) is 114 Å². The number of hydrogen-bond acceptors (Lipinski definition) is 10. The Labute approximate surface area is 675 Å². The van der Waals surface area contributed by atoms with Crippen LogP contribution in [0.2, 0.25) is 0 Å². The van der Waals surface area contributed by atoms with Gasteiger partial charge in [0.15, 0.2) is 6.07 Å². The molecular formula is C72H93Br8ClFN4NaO10+2. The largest absolute Gasteiger partial charge is 1.00 e. The predicted molar refractivity (Wildman–Crippen MR) is 390 cm³/mol. The first-order valence-electron chi connectivity index (χ1n) is 31.9. The second-order valence-corrected chi connectivity index (χ2v) is 30.1. The summed E-state index contributed by atoms with van der Waals surface area (Å²) in [6.45, 7) is 12.9. The Bertz CT molecular complexity index is 3090. The number of benzene rings is 6. The molecule has 0 aromatic heterocycles. The first-order chi connectivity index (χ1) is 45.0. The van der Waals surface area contributed by atoms with Crippen molar-refractivity contribution < 1.29 is 135 Å². The molecule has 0 radical (unpaired) electrons. The predicted octanol–water partition coefficient (Wildman–Crippen LogP) is 9.18.